The minimum Gasteiger partial charge on any atom is -0.481 e. The van der Waals surface area contributed by atoms with Crippen molar-refractivity contribution in [3.8, 4) is 0 Å². The second kappa shape index (κ2) is 17.3. The molecule has 0 aromatic heterocycles. The van der Waals surface area contributed by atoms with E-state index in [9.17, 15) is 48.6 Å². The highest BCUT2D eigenvalue weighted by atomic mass is 16.4. The van der Waals surface area contributed by atoms with Crippen LogP contribution >= 0.6 is 0 Å². The molecule has 2 aliphatic heterocycles. The Balaban J connectivity index is 2.33. The molecule has 0 spiro atoms. The summed E-state index contributed by atoms with van der Waals surface area (Å²) in [5.41, 5.74) is 10.6. The van der Waals surface area contributed by atoms with Crippen LogP contribution in [0.15, 0.2) is 4.99 Å². The molecule has 5 atom stereocenters. The third-order valence-corrected chi connectivity index (χ3v) is 6.86. The predicted molar refractivity (Wildman–Crippen MR) is 153 cm³/mol. The van der Waals surface area contributed by atoms with Gasteiger partial charge in [0.05, 0.1) is 26.1 Å². The number of nitrogens with one attached hydrogen (secondary N) is 6. The molecule has 2 fully saturated rings. The number of fused-ring (bicyclic) bond motifs is 1. The maximum absolute atomic E-state index is 13.2. The van der Waals surface area contributed by atoms with Crippen LogP contribution in [0.1, 0.15) is 39.0 Å². The standard InChI is InChI=1S/C25H40N10O10/c1-12-20(41)29-9-17(37)32-13(4-2-6-28-25(26)27)21(42)30-10-18(38)33-14(8-19(39)40)22(43)34-15(11-36)24(45)35-7-3-5-16(35)23(44)31-12/h12-16,36H,2-11H2,1H3,(H,29,41)(H,30,42)(H,31,44)(H,32,37)(H,33,38)(H,34,43)(H,39,40)(H4,26,27,28)/t12-,13+,14-,15+,16+/m1/s1. The molecule has 2 saturated heterocycles. The number of carboxylic acids is 1. The first kappa shape index (κ1) is 36.2. The summed E-state index contributed by atoms with van der Waals surface area (Å²) in [5.74, 6) is -7.66. The van der Waals surface area contributed by atoms with Crippen LogP contribution in [0.25, 0.3) is 0 Å². The van der Waals surface area contributed by atoms with E-state index in [1.165, 1.54) is 6.92 Å². The molecule has 45 heavy (non-hydrogen) atoms. The van der Waals surface area contributed by atoms with Gasteiger partial charge in [-0.15, -0.1) is 0 Å². The lowest BCUT2D eigenvalue weighted by molar-refractivity contribution is -0.144. The van der Waals surface area contributed by atoms with Crippen LogP contribution < -0.4 is 43.4 Å². The lowest BCUT2D eigenvalue weighted by Crippen LogP contribution is -2.59. The molecule has 7 amide bonds. The number of carboxylic acid groups (broad SMARTS) is 1. The van der Waals surface area contributed by atoms with Crippen molar-refractivity contribution >= 4 is 53.3 Å². The number of rotatable bonds is 7. The fourth-order valence-corrected chi connectivity index (χ4v) is 4.59. The van der Waals surface area contributed by atoms with Crippen molar-refractivity contribution in [3.63, 3.8) is 0 Å². The minimum absolute atomic E-state index is 0.00882. The van der Waals surface area contributed by atoms with E-state index in [-0.39, 0.29) is 38.3 Å². The van der Waals surface area contributed by atoms with Gasteiger partial charge in [-0.1, -0.05) is 0 Å². The molecule has 0 aliphatic carbocycles. The zero-order valence-corrected chi connectivity index (χ0v) is 24.7. The van der Waals surface area contributed by atoms with Crippen LogP contribution in [-0.4, -0.2) is 131 Å². The van der Waals surface area contributed by atoms with Gasteiger partial charge in [-0.3, -0.25) is 43.3 Å². The third-order valence-electron chi connectivity index (χ3n) is 6.86. The summed E-state index contributed by atoms with van der Waals surface area (Å²) in [7, 11) is 0. The molecular formula is C25H40N10O10. The number of carbonyl (C=O) groups excluding carboxylic acids is 7. The van der Waals surface area contributed by atoms with E-state index < -0.39 is 104 Å². The highest BCUT2D eigenvalue weighted by Crippen LogP contribution is 2.19. The first-order chi connectivity index (χ1) is 21.2. The quantitative estimate of drug-likeness (QED) is 0.0706. The molecule has 20 nitrogen and oxygen atoms in total. The molecule has 0 bridgehead atoms. The molecule has 2 heterocycles. The van der Waals surface area contributed by atoms with Gasteiger partial charge in [-0.05, 0) is 32.6 Å². The average molecular weight is 641 g/mol. The fraction of sp³-hybridized carbons (Fsp3) is 0.640. The Labute approximate surface area is 257 Å². The maximum Gasteiger partial charge on any atom is 0.305 e. The first-order valence-corrected chi connectivity index (χ1v) is 14.2. The monoisotopic (exact) mass is 640 g/mol. The fourth-order valence-electron chi connectivity index (χ4n) is 4.59. The SMILES string of the molecule is C[C@H]1NC(=O)[C@@H]2CCCN2C(=O)[C@H](CO)NC(=O)[C@@H](CC(=O)O)NC(=O)CNC(=O)[C@H](CCCN=C(N)N)NC(=O)CNC1=O. The van der Waals surface area contributed by atoms with Crippen molar-refractivity contribution < 1.29 is 48.6 Å². The van der Waals surface area contributed by atoms with E-state index in [4.69, 9.17) is 11.5 Å². The summed E-state index contributed by atoms with van der Waals surface area (Å²) < 4.78 is 0. The highest BCUT2D eigenvalue weighted by Gasteiger charge is 2.39. The van der Waals surface area contributed by atoms with Gasteiger partial charge in [0.15, 0.2) is 5.96 Å². The van der Waals surface area contributed by atoms with Gasteiger partial charge in [-0.2, -0.15) is 0 Å². The number of aliphatic carboxylic acids is 1. The number of aliphatic imine (C=N–C) groups is 1. The van der Waals surface area contributed by atoms with Gasteiger partial charge in [0.25, 0.3) is 0 Å². The highest BCUT2D eigenvalue weighted by molar-refractivity contribution is 5.98. The molecule has 0 radical (unpaired) electrons. The van der Waals surface area contributed by atoms with Gasteiger partial charge in [0, 0.05) is 13.1 Å². The molecule has 0 saturated carbocycles. The number of guanidine groups is 1. The predicted octanol–water partition coefficient (Wildman–Crippen LogP) is -6.30. The van der Waals surface area contributed by atoms with Gasteiger partial charge in [0.1, 0.15) is 30.2 Å². The van der Waals surface area contributed by atoms with Crippen LogP contribution in [0.3, 0.4) is 0 Å². The smallest absolute Gasteiger partial charge is 0.305 e. The molecular weight excluding hydrogens is 600 g/mol. The van der Waals surface area contributed by atoms with E-state index in [0.717, 1.165) is 4.90 Å². The van der Waals surface area contributed by atoms with E-state index in [2.05, 4.69) is 36.9 Å². The topological polar surface area (TPSA) is 317 Å². The third kappa shape index (κ3) is 11.5. The molecule has 2 rings (SSSR count). The number of amides is 7. The Morgan fingerprint density at radius 2 is 1.49 bits per heavy atom. The van der Waals surface area contributed by atoms with E-state index >= 15 is 0 Å². The largest absolute Gasteiger partial charge is 0.481 e. The molecule has 20 heteroatoms. The average Bonchev–Trinajstić information content (AvgIpc) is 3.47. The van der Waals surface area contributed by atoms with Crippen LogP contribution in [-0.2, 0) is 38.4 Å². The van der Waals surface area contributed by atoms with Crippen molar-refractivity contribution in [2.45, 2.75) is 69.2 Å². The summed E-state index contributed by atoms with van der Waals surface area (Å²) in [4.78, 5) is 106. The van der Waals surface area contributed by atoms with Gasteiger partial charge in [-0.25, -0.2) is 0 Å². The molecule has 250 valence electrons. The lowest BCUT2D eigenvalue weighted by Gasteiger charge is -2.29. The van der Waals surface area contributed by atoms with Crippen LogP contribution in [0.4, 0.5) is 0 Å². The Morgan fingerprint density at radius 3 is 2.09 bits per heavy atom. The zero-order valence-electron chi connectivity index (χ0n) is 24.7. The number of nitrogens with zero attached hydrogens (tertiary/aromatic N) is 2. The van der Waals surface area contributed by atoms with E-state index in [1.54, 1.807) is 0 Å². The number of hydrogen-bond acceptors (Lipinski definition) is 10. The number of aliphatic hydroxyl groups excluding tert-OH is 1. The Kier molecular flexibility index (Phi) is 13.9. The zero-order chi connectivity index (χ0) is 33.7. The van der Waals surface area contributed by atoms with Crippen molar-refractivity contribution in [2.24, 2.45) is 16.5 Å². The molecule has 0 aromatic carbocycles. The summed E-state index contributed by atoms with van der Waals surface area (Å²) in [6.07, 6.45) is -0.0670. The van der Waals surface area contributed by atoms with Crippen molar-refractivity contribution in [3.05, 3.63) is 0 Å². The van der Waals surface area contributed by atoms with Crippen LogP contribution in [0.5, 0.6) is 0 Å². The number of nitrogens with two attached hydrogens (primary N) is 2. The molecule has 12 N–H and O–H groups in total. The van der Waals surface area contributed by atoms with Gasteiger partial charge >= 0.3 is 5.97 Å². The van der Waals surface area contributed by atoms with E-state index in [0.29, 0.717) is 6.42 Å². The second-order valence-electron chi connectivity index (χ2n) is 10.4. The van der Waals surface area contributed by atoms with Crippen molar-refractivity contribution in [1.29, 1.82) is 0 Å². The summed E-state index contributed by atoms with van der Waals surface area (Å²) >= 11 is 0. The molecule has 0 unspecified atom stereocenters. The van der Waals surface area contributed by atoms with Crippen LogP contribution in [0.2, 0.25) is 0 Å². The second-order valence-corrected chi connectivity index (χ2v) is 10.4. The number of aliphatic hydroxyl groups is 1. The first-order valence-electron chi connectivity index (χ1n) is 14.2. The summed E-state index contributed by atoms with van der Waals surface area (Å²) in [6, 6.07) is -6.72. The Bertz CT molecular complexity index is 1190. The van der Waals surface area contributed by atoms with Gasteiger partial charge < -0.3 is 58.5 Å². The Hall–Kier alpha value is -5.01. The molecule has 2 aliphatic rings. The maximum atomic E-state index is 13.2. The Morgan fingerprint density at radius 1 is 0.867 bits per heavy atom. The normalized spacial score (nSPS) is 26.1. The minimum atomic E-state index is -1.71. The van der Waals surface area contributed by atoms with Crippen LogP contribution in [0, 0.1) is 0 Å². The van der Waals surface area contributed by atoms with Gasteiger partial charge in [0.2, 0.25) is 41.4 Å². The number of carbonyl (C=O) groups is 8. The van der Waals surface area contributed by atoms with Crippen molar-refractivity contribution in [2.75, 3.05) is 32.8 Å². The molecule has 0 aromatic rings. The summed E-state index contributed by atoms with van der Waals surface area (Å²) in [5, 5.41) is 33.0. The lowest BCUT2D eigenvalue weighted by atomic mass is 10.1. The van der Waals surface area contributed by atoms with E-state index in [1.807, 2.05) is 0 Å². The number of hydrogen-bond donors (Lipinski definition) is 10. The van der Waals surface area contributed by atoms with Crippen molar-refractivity contribution in [1.82, 2.24) is 36.8 Å². The summed E-state index contributed by atoms with van der Waals surface area (Å²) in [6.45, 7) is -0.671.